The Bertz CT molecular complexity index is 703. The summed E-state index contributed by atoms with van der Waals surface area (Å²) in [5.41, 5.74) is 2.30. The number of hydrogen-bond acceptors (Lipinski definition) is 4. The molecule has 0 aromatic heterocycles. The first-order valence-electron chi connectivity index (χ1n) is 9.29. The summed E-state index contributed by atoms with van der Waals surface area (Å²) in [5, 5.41) is 7.46. The maximum atomic E-state index is 5.56. The Morgan fingerprint density at radius 3 is 2.41 bits per heavy atom. The lowest BCUT2D eigenvalue weighted by Crippen LogP contribution is -2.44. The molecule has 0 amide bonds. The Kier molecular flexibility index (Phi) is 7.45. The van der Waals surface area contributed by atoms with Crippen molar-refractivity contribution in [3.8, 4) is 5.75 Å². The van der Waals surface area contributed by atoms with Crippen LogP contribution in [0.3, 0.4) is 0 Å². The highest BCUT2D eigenvalue weighted by atomic mass is 32.1. The number of ether oxygens (including phenoxy) is 2. The number of nitrogens with one attached hydrogen (secondary N) is 2. The second-order valence-corrected chi connectivity index (χ2v) is 6.88. The van der Waals surface area contributed by atoms with Crippen molar-refractivity contribution < 1.29 is 9.47 Å². The zero-order chi connectivity index (χ0) is 18.9. The minimum absolute atomic E-state index is 0.0134. The summed E-state index contributed by atoms with van der Waals surface area (Å²) in [6.07, 6.45) is 0. The molecule has 1 aliphatic heterocycles. The molecule has 2 aromatic carbocycles. The van der Waals surface area contributed by atoms with E-state index in [2.05, 4.69) is 39.8 Å². The second-order valence-electron chi connectivity index (χ2n) is 6.47. The van der Waals surface area contributed by atoms with E-state index in [4.69, 9.17) is 21.7 Å². The quantitative estimate of drug-likeness (QED) is 0.715. The topological polar surface area (TPSA) is 45.8 Å². The molecule has 1 heterocycles. The van der Waals surface area contributed by atoms with Crippen molar-refractivity contribution >= 4 is 17.3 Å². The zero-order valence-electron chi connectivity index (χ0n) is 15.7. The van der Waals surface area contributed by atoms with Gasteiger partial charge in [0.25, 0.3) is 0 Å². The molecule has 0 saturated carbocycles. The van der Waals surface area contributed by atoms with Gasteiger partial charge in [0.15, 0.2) is 5.11 Å². The van der Waals surface area contributed by atoms with Crippen LogP contribution in [0.4, 0.5) is 0 Å². The van der Waals surface area contributed by atoms with E-state index in [0.29, 0.717) is 5.11 Å². The summed E-state index contributed by atoms with van der Waals surface area (Å²) in [7, 11) is 1.68. The molecule has 144 valence electrons. The monoisotopic (exact) mass is 385 g/mol. The van der Waals surface area contributed by atoms with Gasteiger partial charge in [-0.25, -0.2) is 0 Å². The standard InChI is InChI=1S/C21H27N3O2S/c1-25-19-9-7-18(8-10-19)20(17-5-3-2-4-6-17)23-21(27)22-11-12-24-13-15-26-16-14-24/h2-10,20H,11-16H2,1H3,(H2,22,23,27)/t20-/m0/s1. The summed E-state index contributed by atoms with van der Waals surface area (Å²) < 4.78 is 10.7. The number of hydrogen-bond donors (Lipinski definition) is 2. The molecule has 6 heteroatoms. The Hall–Kier alpha value is -2.15. The summed E-state index contributed by atoms with van der Waals surface area (Å²) in [5.74, 6) is 0.844. The molecule has 1 fully saturated rings. The van der Waals surface area contributed by atoms with E-state index in [1.54, 1.807) is 7.11 Å². The van der Waals surface area contributed by atoms with Crippen LogP contribution >= 0.6 is 12.2 Å². The summed E-state index contributed by atoms with van der Waals surface area (Å²) in [6.45, 7) is 5.38. The predicted octanol–water partition coefficient (Wildman–Crippen LogP) is 2.58. The van der Waals surface area contributed by atoms with E-state index < -0.39 is 0 Å². The summed E-state index contributed by atoms with van der Waals surface area (Å²) in [4.78, 5) is 2.39. The van der Waals surface area contributed by atoms with Crippen LogP contribution in [0.1, 0.15) is 17.2 Å². The van der Waals surface area contributed by atoms with Crippen LogP contribution in [0, 0.1) is 0 Å². The molecule has 27 heavy (non-hydrogen) atoms. The number of nitrogens with zero attached hydrogens (tertiary/aromatic N) is 1. The first kappa shape index (κ1) is 19.6. The van der Waals surface area contributed by atoms with Crippen molar-refractivity contribution in [2.24, 2.45) is 0 Å². The molecular formula is C21H27N3O2S. The number of morpholine rings is 1. The molecule has 0 bridgehead atoms. The van der Waals surface area contributed by atoms with Crippen molar-refractivity contribution in [3.05, 3.63) is 65.7 Å². The molecule has 1 saturated heterocycles. The highest BCUT2D eigenvalue weighted by Crippen LogP contribution is 2.24. The van der Waals surface area contributed by atoms with Gasteiger partial charge >= 0.3 is 0 Å². The third-order valence-electron chi connectivity index (χ3n) is 4.67. The van der Waals surface area contributed by atoms with Crippen molar-refractivity contribution in [1.82, 2.24) is 15.5 Å². The number of benzene rings is 2. The van der Waals surface area contributed by atoms with Crippen molar-refractivity contribution in [1.29, 1.82) is 0 Å². The smallest absolute Gasteiger partial charge is 0.167 e. The molecular weight excluding hydrogens is 358 g/mol. The first-order chi connectivity index (χ1) is 13.3. The maximum Gasteiger partial charge on any atom is 0.167 e. The Morgan fingerprint density at radius 1 is 1.07 bits per heavy atom. The minimum Gasteiger partial charge on any atom is -0.497 e. The highest BCUT2D eigenvalue weighted by molar-refractivity contribution is 7.80. The summed E-state index contributed by atoms with van der Waals surface area (Å²) >= 11 is 5.56. The molecule has 1 aliphatic rings. The molecule has 3 rings (SSSR count). The highest BCUT2D eigenvalue weighted by Gasteiger charge is 2.16. The van der Waals surface area contributed by atoms with E-state index >= 15 is 0 Å². The lowest BCUT2D eigenvalue weighted by Gasteiger charge is -2.27. The van der Waals surface area contributed by atoms with E-state index in [1.807, 2.05) is 30.3 Å². The lowest BCUT2D eigenvalue weighted by molar-refractivity contribution is 0.0389. The second kappa shape index (κ2) is 10.3. The minimum atomic E-state index is -0.0134. The Labute approximate surface area is 166 Å². The summed E-state index contributed by atoms with van der Waals surface area (Å²) in [6, 6.07) is 18.4. The third-order valence-corrected chi connectivity index (χ3v) is 4.94. The maximum absolute atomic E-state index is 5.56. The van der Waals surface area contributed by atoms with Gasteiger partial charge in [-0.1, -0.05) is 42.5 Å². The fourth-order valence-corrected chi connectivity index (χ4v) is 3.36. The Morgan fingerprint density at radius 2 is 1.74 bits per heavy atom. The van der Waals surface area contributed by atoms with Crippen LogP contribution < -0.4 is 15.4 Å². The average Bonchev–Trinajstić information content (AvgIpc) is 2.73. The molecule has 1 atom stereocenters. The van der Waals surface area contributed by atoms with Crippen LogP contribution in [0.15, 0.2) is 54.6 Å². The first-order valence-corrected chi connectivity index (χ1v) is 9.70. The Balaban J connectivity index is 1.61. The van der Waals surface area contributed by atoms with Gasteiger partial charge in [0, 0.05) is 26.2 Å². The fourth-order valence-electron chi connectivity index (χ4n) is 3.14. The van der Waals surface area contributed by atoms with Crippen LogP contribution in [0.2, 0.25) is 0 Å². The van der Waals surface area contributed by atoms with Crippen LogP contribution in [-0.4, -0.2) is 56.5 Å². The van der Waals surface area contributed by atoms with E-state index in [1.165, 1.54) is 5.56 Å². The normalized spacial score (nSPS) is 15.7. The SMILES string of the molecule is COc1ccc([C@@H](NC(=S)NCCN2CCOCC2)c2ccccc2)cc1. The van der Waals surface area contributed by atoms with Gasteiger partial charge in [0.05, 0.1) is 26.4 Å². The van der Waals surface area contributed by atoms with Gasteiger partial charge in [-0.15, -0.1) is 0 Å². The van der Waals surface area contributed by atoms with Crippen molar-refractivity contribution in [2.45, 2.75) is 6.04 Å². The zero-order valence-corrected chi connectivity index (χ0v) is 16.5. The van der Waals surface area contributed by atoms with E-state index in [9.17, 15) is 0 Å². The molecule has 0 spiro atoms. The van der Waals surface area contributed by atoms with Gasteiger partial charge in [-0.05, 0) is 35.5 Å². The number of methoxy groups -OCH3 is 1. The molecule has 0 unspecified atom stereocenters. The lowest BCUT2D eigenvalue weighted by atomic mass is 9.99. The number of rotatable bonds is 7. The van der Waals surface area contributed by atoms with Crippen LogP contribution in [0.5, 0.6) is 5.75 Å². The average molecular weight is 386 g/mol. The van der Waals surface area contributed by atoms with Crippen LogP contribution in [0.25, 0.3) is 0 Å². The molecule has 2 N–H and O–H groups in total. The van der Waals surface area contributed by atoms with Crippen molar-refractivity contribution in [3.63, 3.8) is 0 Å². The van der Waals surface area contributed by atoms with Gasteiger partial charge in [0.1, 0.15) is 5.75 Å². The molecule has 0 radical (unpaired) electrons. The molecule has 2 aromatic rings. The largest absolute Gasteiger partial charge is 0.497 e. The van der Waals surface area contributed by atoms with E-state index in [0.717, 1.165) is 50.7 Å². The van der Waals surface area contributed by atoms with Gasteiger partial charge in [-0.3, -0.25) is 4.90 Å². The molecule has 5 nitrogen and oxygen atoms in total. The van der Waals surface area contributed by atoms with E-state index in [-0.39, 0.29) is 6.04 Å². The fraction of sp³-hybridized carbons (Fsp3) is 0.381. The van der Waals surface area contributed by atoms with Crippen LogP contribution in [-0.2, 0) is 4.74 Å². The number of thiocarbonyl (C=S) groups is 1. The predicted molar refractivity (Wildman–Crippen MR) is 112 cm³/mol. The van der Waals surface area contributed by atoms with Gasteiger partial charge in [0.2, 0.25) is 0 Å². The van der Waals surface area contributed by atoms with Gasteiger partial charge in [-0.2, -0.15) is 0 Å². The molecule has 0 aliphatic carbocycles. The van der Waals surface area contributed by atoms with Gasteiger partial charge < -0.3 is 20.1 Å². The van der Waals surface area contributed by atoms with Crippen molar-refractivity contribution in [2.75, 3.05) is 46.5 Å². The third kappa shape index (κ3) is 5.92.